The van der Waals surface area contributed by atoms with Crippen molar-refractivity contribution in [1.82, 2.24) is 15.3 Å². The third kappa shape index (κ3) is 3.37. The van der Waals surface area contributed by atoms with Gasteiger partial charge in [0.1, 0.15) is 6.33 Å². The lowest BCUT2D eigenvalue weighted by atomic mass is 10.4. The van der Waals surface area contributed by atoms with Gasteiger partial charge in [0.2, 0.25) is 0 Å². The van der Waals surface area contributed by atoms with E-state index < -0.39 is 0 Å². The van der Waals surface area contributed by atoms with Crippen molar-refractivity contribution in [3.05, 3.63) is 45.1 Å². The minimum absolute atomic E-state index is 0.776. The van der Waals surface area contributed by atoms with Gasteiger partial charge in [-0.1, -0.05) is 0 Å². The normalized spacial score (nSPS) is 10.5. The maximum atomic E-state index is 4.14. The Hall–Kier alpha value is -0.780. The predicted molar refractivity (Wildman–Crippen MR) is 64.6 cm³/mol. The highest BCUT2D eigenvalue weighted by Crippen LogP contribution is 2.19. The van der Waals surface area contributed by atoms with Crippen LogP contribution < -0.4 is 5.32 Å². The van der Waals surface area contributed by atoms with Gasteiger partial charge in [-0.3, -0.25) is 0 Å². The molecule has 0 aromatic carbocycles. The molecule has 2 rings (SSSR count). The highest BCUT2D eigenvalue weighted by atomic mass is 79.9. The van der Waals surface area contributed by atoms with Crippen LogP contribution in [0, 0.1) is 0 Å². The van der Waals surface area contributed by atoms with Crippen LogP contribution in [0.15, 0.2) is 34.5 Å². The van der Waals surface area contributed by atoms with Crippen LogP contribution in [-0.2, 0) is 13.1 Å². The second kappa shape index (κ2) is 5.34. The van der Waals surface area contributed by atoms with Gasteiger partial charge < -0.3 is 5.32 Å². The quantitative estimate of drug-likeness (QED) is 0.937. The number of aromatic nitrogens is 2. The Morgan fingerprint density at radius 3 is 3.00 bits per heavy atom. The molecule has 1 N–H and O–H groups in total. The minimum Gasteiger partial charge on any atom is -0.306 e. The summed E-state index contributed by atoms with van der Waals surface area (Å²) in [5.74, 6) is 0. The number of hydrogen-bond donors (Lipinski definition) is 1. The molecule has 5 heteroatoms. The molecule has 2 aromatic rings. The van der Waals surface area contributed by atoms with E-state index in [0.717, 1.165) is 23.3 Å². The molecule has 2 heterocycles. The molecular weight excluding hydrogens is 274 g/mol. The summed E-state index contributed by atoms with van der Waals surface area (Å²) >= 11 is 5.17. The van der Waals surface area contributed by atoms with E-state index in [2.05, 4.69) is 42.7 Å². The van der Waals surface area contributed by atoms with Crippen LogP contribution in [0.1, 0.15) is 10.6 Å². The third-order valence-electron chi connectivity index (χ3n) is 1.87. The molecule has 0 atom stereocenters. The number of nitrogens with zero attached hydrogens (tertiary/aromatic N) is 2. The van der Waals surface area contributed by atoms with Crippen LogP contribution >= 0.6 is 27.3 Å². The van der Waals surface area contributed by atoms with E-state index in [9.17, 15) is 0 Å². The minimum atomic E-state index is 0.776. The lowest BCUT2D eigenvalue weighted by Crippen LogP contribution is -2.12. The SMILES string of the molecule is Brc1csc(CNCc2ccncn2)c1. The summed E-state index contributed by atoms with van der Waals surface area (Å²) in [5.41, 5.74) is 1.01. The largest absolute Gasteiger partial charge is 0.306 e. The molecule has 0 unspecified atom stereocenters. The summed E-state index contributed by atoms with van der Waals surface area (Å²) in [6, 6.07) is 4.04. The molecule has 0 aliphatic rings. The van der Waals surface area contributed by atoms with Crippen LogP contribution in [0.2, 0.25) is 0 Å². The monoisotopic (exact) mass is 283 g/mol. The lowest BCUT2D eigenvalue weighted by Gasteiger charge is -2.01. The van der Waals surface area contributed by atoms with E-state index in [1.807, 2.05) is 6.07 Å². The Morgan fingerprint density at radius 1 is 1.40 bits per heavy atom. The van der Waals surface area contributed by atoms with Crippen molar-refractivity contribution in [1.29, 1.82) is 0 Å². The second-order valence-corrected chi connectivity index (χ2v) is 4.95. The van der Waals surface area contributed by atoms with Crippen LogP contribution in [0.5, 0.6) is 0 Å². The highest BCUT2D eigenvalue weighted by Gasteiger charge is 1.97. The molecule has 0 amide bonds. The van der Waals surface area contributed by atoms with Crippen LogP contribution in [0.3, 0.4) is 0 Å². The summed E-state index contributed by atoms with van der Waals surface area (Å²) < 4.78 is 1.14. The summed E-state index contributed by atoms with van der Waals surface area (Å²) in [4.78, 5) is 9.32. The molecule has 0 bridgehead atoms. The van der Waals surface area contributed by atoms with Crippen molar-refractivity contribution < 1.29 is 0 Å². The third-order valence-corrected chi connectivity index (χ3v) is 3.57. The molecule has 0 saturated heterocycles. The first-order valence-electron chi connectivity index (χ1n) is 4.53. The first-order chi connectivity index (χ1) is 7.34. The summed E-state index contributed by atoms with van der Waals surface area (Å²) in [5, 5.41) is 5.42. The summed E-state index contributed by atoms with van der Waals surface area (Å²) in [6.07, 6.45) is 3.32. The van der Waals surface area contributed by atoms with Crippen LogP contribution in [0.25, 0.3) is 0 Å². The van der Waals surface area contributed by atoms with Gasteiger partial charge in [-0.2, -0.15) is 0 Å². The van der Waals surface area contributed by atoms with E-state index in [4.69, 9.17) is 0 Å². The Kier molecular flexibility index (Phi) is 3.82. The summed E-state index contributed by atoms with van der Waals surface area (Å²) in [7, 11) is 0. The van der Waals surface area contributed by atoms with Crippen molar-refractivity contribution in [3.63, 3.8) is 0 Å². The average Bonchev–Trinajstić information content (AvgIpc) is 2.66. The zero-order chi connectivity index (χ0) is 10.5. The van der Waals surface area contributed by atoms with Gasteiger partial charge >= 0.3 is 0 Å². The van der Waals surface area contributed by atoms with Gasteiger partial charge in [0.15, 0.2) is 0 Å². The topological polar surface area (TPSA) is 37.8 Å². The van der Waals surface area contributed by atoms with Gasteiger partial charge in [0.25, 0.3) is 0 Å². The molecule has 3 nitrogen and oxygen atoms in total. The lowest BCUT2D eigenvalue weighted by molar-refractivity contribution is 0.684. The fourth-order valence-electron chi connectivity index (χ4n) is 1.18. The molecule has 78 valence electrons. The zero-order valence-electron chi connectivity index (χ0n) is 7.98. The van der Waals surface area contributed by atoms with Crippen LogP contribution in [-0.4, -0.2) is 9.97 Å². The first-order valence-corrected chi connectivity index (χ1v) is 6.20. The van der Waals surface area contributed by atoms with Crippen molar-refractivity contribution in [3.8, 4) is 0 Å². The van der Waals surface area contributed by atoms with Crippen LogP contribution in [0.4, 0.5) is 0 Å². The number of halogens is 1. The van der Waals surface area contributed by atoms with Gasteiger partial charge in [-0.15, -0.1) is 11.3 Å². The molecule has 0 fully saturated rings. The van der Waals surface area contributed by atoms with E-state index in [1.165, 1.54) is 4.88 Å². The smallest absolute Gasteiger partial charge is 0.115 e. The van der Waals surface area contributed by atoms with Gasteiger partial charge in [0, 0.05) is 34.0 Å². The molecule has 2 aromatic heterocycles. The van der Waals surface area contributed by atoms with Crippen molar-refractivity contribution in [2.24, 2.45) is 0 Å². The van der Waals surface area contributed by atoms with Gasteiger partial charge in [-0.05, 0) is 28.1 Å². The molecule has 15 heavy (non-hydrogen) atoms. The Labute approximate surface area is 101 Å². The summed E-state index contributed by atoms with van der Waals surface area (Å²) in [6.45, 7) is 1.65. The Bertz CT molecular complexity index is 416. The van der Waals surface area contributed by atoms with E-state index in [-0.39, 0.29) is 0 Å². The number of hydrogen-bond acceptors (Lipinski definition) is 4. The molecule has 0 saturated carbocycles. The highest BCUT2D eigenvalue weighted by molar-refractivity contribution is 9.10. The average molecular weight is 284 g/mol. The molecular formula is C10H10BrN3S. The first kappa shape index (κ1) is 10.7. The molecule has 0 aliphatic carbocycles. The Morgan fingerprint density at radius 2 is 2.33 bits per heavy atom. The van der Waals surface area contributed by atoms with E-state index >= 15 is 0 Å². The molecule has 0 aliphatic heterocycles. The van der Waals surface area contributed by atoms with Crippen molar-refractivity contribution >= 4 is 27.3 Å². The molecule has 0 radical (unpaired) electrons. The van der Waals surface area contributed by atoms with Crippen molar-refractivity contribution in [2.45, 2.75) is 13.1 Å². The zero-order valence-corrected chi connectivity index (χ0v) is 10.4. The van der Waals surface area contributed by atoms with Crippen molar-refractivity contribution in [2.75, 3.05) is 0 Å². The standard InChI is InChI=1S/C10H10BrN3S/c11-8-3-10(15-6-8)5-13-4-9-1-2-12-7-14-9/h1-3,6-7,13H,4-5H2. The Balaban J connectivity index is 1.80. The predicted octanol–water partition coefficient (Wildman–Crippen LogP) is 2.59. The fraction of sp³-hybridized carbons (Fsp3) is 0.200. The maximum Gasteiger partial charge on any atom is 0.115 e. The maximum absolute atomic E-state index is 4.14. The van der Waals surface area contributed by atoms with Gasteiger partial charge in [-0.25, -0.2) is 9.97 Å². The second-order valence-electron chi connectivity index (χ2n) is 3.04. The van der Waals surface area contributed by atoms with E-state index in [0.29, 0.717) is 0 Å². The number of thiophene rings is 1. The van der Waals surface area contributed by atoms with Gasteiger partial charge in [0.05, 0.1) is 5.69 Å². The number of rotatable bonds is 4. The molecule has 0 spiro atoms. The van der Waals surface area contributed by atoms with E-state index in [1.54, 1.807) is 23.9 Å². The number of nitrogens with one attached hydrogen (secondary N) is 1. The fourth-order valence-corrected chi connectivity index (χ4v) is 2.60.